The van der Waals surface area contributed by atoms with Gasteiger partial charge in [-0.3, -0.25) is 4.79 Å². The van der Waals surface area contributed by atoms with Gasteiger partial charge in [0.2, 0.25) is 0 Å². The van der Waals surface area contributed by atoms with Crippen molar-refractivity contribution in [1.82, 2.24) is 14.1 Å². The Hall–Kier alpha value is -3.62. The smallest absolute Gasteiger partial charge is 0.414 e. The standard InChI is InChI=1S/C18H19N3O2.C2H2O4/c1-11-19-7-8-21(11)10-12-3-5-16-17(18(12)23)14-9-13(22)4-6-15(14)20(16)2;3-1(4)2(5)6/h4,6-9,12,22H,3,5,10H2,1-2H3;(H,3,4)(H,5,6). The summed E-state index contributed by atoms with van der Waals surface area (Å²) >= 11 is 0. The van der Waals surface area contributed by atoms with Gasteiger partial charge in [-0.05, 0) is 38.0 Å². The van der Waals surface area contributed by atoms with Crippen LogP contribution in [-0.2, 0) is 29.6 Å². The first-order chi connectivity index (χ1) is 13.7. The summed E-state index contributed by atoms with van der Waals surface area (Å²) in [4.78, 5) is 35.5. The van der Waals surface area contributed by atoms with Crippen LogP contribution >= 0.6 is 0 Å². The van der Waals surface area contributed by atoms with E-state index < -0.39 is 11.9 Å². The minimum atomic E-state index is -1.82. The Bertz CT molecular complexity index is 1100. The molecular formula is C20H21N3O6. The Morgan fingerprint density at radius 2 is 1.93 bits per heavy atom. The van der Waals surface area contributed by atoms with E-state index in [4.69, 9.17) is 19.8 Å². The molecule has 3 aromatic rings. The van der Waals surface area contributed by atoms with E-state index in [1.165, 1.54) is 0 Å². The van der Waals surface area contributed by atoms with Crippen LogP contribution in [0.5, 0.6) is 5.75 Å². The van der Waals surface area contributed by atoms with Gasteiger partial charge in [0.05, 0.1) is 0 Å². The summed E-state index contributed by atoms with van der Waals surface area (Å²) in [5, 5.41) is 25.4. The van der Waals surface area contributed by atoms with E-state index in [0.717, 1.165) is 40.8 Å². The molecule has 152 valence electrons. The van der Waals surface area contributed by atoms with Crippen LogP contribution in [0.4, 0.5) is 0 Å². The van der Waals surface area contributed by atoms with Crippen molar-refractivity contribution >= 4 is 28.6 Å². The molecular weight excluding hydrogens is 378 g/mol. The van der Waals surface area contributed by atoms with E-state index >= 15 is 0 Å². The lowest BCUT2D eigenvalue weighted by atomic mass is 9.85. The molecule has 0 radical (unpaired) electrons. The van der Waals surface area contributed by atoms with Crippen molar-refractivity contribution < 1.29 is 29.7 Å². The first-order valence-electron chi connectivity index (χ1n) is 8.99. The Kier molecular flexibility index (Phi) is 5.40. The average molecular weight is 399 g/mol. The summed E-state index contributed by atoms with van der Waals surface area (Å²) in [5.41, 5.74) is 2.86. The SMILES string of the molecule is Cc1nccn1CC1CCc2c(c3cc(O)ccc3n2C)C1=O.O=C(O)C(=O)O. The van der Waals surface area contributed by atoms with Gasteiger partial charge in [-0.15, -0.1) is 0 Å². The van der Waals surface area contributed by atoms with Gasteiger partial charge in [-0.1, -0.05) is 0 Å². The molecule has 1 unspecified atom stereocenters. The number of carbonyl (C=O) groups is 3. The molecule has 1 aliphatic carbocycles. The highest BCUT2D eigenvalue weighted by molar-refractivity contribution is 6.27. The van der Waals surface area contributed by atoms with E-state index in [1.54, 1.807) is 18.3 Å². The molecule has 2 heterocycles. The minimum Gasteiger partial charge on any atom is -0.508 e. The number of benzene rings is 1. The molecule has 3 N–H and O–H groups in total. The van der Waals surface area contributed by atoms with Crippen molar-refractivity contribution in [2.75, 3.05) is 0 Å². The van der Waals surface area contributed by atoms with Crippen LogP contribution in [-0.4, -0.2) is 47.2 Å². The van der Waals surface area contributed by atoms with Gasteiger partial charge >= 0.3 is 11.9 Å². The van der Waals surface area contributed by atoms with Crippen LogP contribution in [0.2, 0.25) is 0 Å². The van der Waals surface area contributed by atoms with Gasteiger partial charge in [0.15, 0.2) is 5.78 Å². The van der Waals surface area contributed by atoms with Gasteiger partial charge in [-0.25, -0.2) is 14.6 Å². The number of aryl methyl sites for hydroxylation is 2. The lowest BCUT2D eigenvalue weighted by Crippen LogP contribution is -2.27. The highest BCUT2D eigenvalue weighted by Crippen LogP contribution is 2.35. The van der Waals surface area contributed by atoms with Crippen LogP contribution in [0, 0.1) is 12.8 Å². The third-order valence-electron chi connectivity index (χ3n) is 5.17. The topological polar surface area (TPSA) is 135 Å². The van der Waals surface area contributed by atoms with E-state index in [2.05, 4.69) is 9.55 Å². The summed E-state index contributed by atoms with van der Waals surface area (Å²) in [5.74, 6) is -2.38. The molecule has 4 rings (SSSR count). The van der Waals surface area contributed by atoms with Crippen molar-refractivity contribution in [3.05, 3.63) is 47.7 Å². The molecule has 0 saturated carbocycles. The lowest BCUT2D eigenvalue weighted by Gasteiger charge is -2.23. The quantitative estimate of drug-likeness (QED) is 0.561. The number of ketones is 1. The second-order valence-electron chi connectivity index (χ2n) is 6.92. The predicted octanol–water partition coefficient (Wildman–Crippen LogP) is 1.99. The van der Waals surface area contributed by atoms with Crippen LogP contribution in [0.25, 0.3) is 10.9 Å². The molecule has 29 heavy (non-hydrogen) atoms. The van der Waals surface area contributed by atoms with Crippen LogP contribution < -0.4 is 0 Å². The molecule has 2 aromatic heterocycles. The minimum absolute atomic E-state index is 0.0386. The highest BCUT2D eigenvalue weighted by atomic mass is 16.4. The third-order valence-corrected chi connectivity index (χ3v) is 5.17. The van der Waals surface area contributed by atoms with Gasteiger partial charge in [0.25, 0.3) is 0 Å². The van der Waals surface area contributed by atoms with Gasteiger partial charge in [-0.2, -0.15) is 0 Å². The summed E-state index contributed by atoms with van der Waals surface area (Å²) in [6, 6.07) is 5.26. The molecule has 0 saturated heterocycles. The first-order valence-corrected chi connectivity index (χ1v) is 8.99. The fourth-order valence-corrected chi connectivity index (χ4v) is 3.71. The van der Waals surface area contributed by atoms with E-state index in [9.17, 15) is 9.90 Å². The Balaban J connectivity index is 0.000000353. The molecule has 0 fully saturated rings. The number of aliphatic carboxylic acids is 2. The summed E-state index contributed by atoms with van der Waals surface area (Å²) < 4.78 is 4.12. The number of carboxylic acid groups (broad SMARTS) is 2. The van der Waals surface area contributed by atoms with Gasteiger partial charge in [0.1, 0.15) is 11.6 Å². The van der Waals surface area contributed by atoms with E-state index in [0.29, 0.717) is 6.54 Å². The number of phenols is 1. The average Bonchev–Trinajstić information content (AvgIpc) is 3.19. The fraction of sp³-hybridized carbons (Fsp3) is 0.300. The van der Waals surface area contributed by atoms with Crippen LogP contribution in [0.1, 0.15) is 28.3 Å². The number of hydrogen-bond acceptors (Lipinski definition) is 5. The van der Waals surface area contributed by atoms with Crippen molar-refractivity contribution in [2.24, 2.45) is 13.0 Å². The summed E-state index contributed by atoms with van der Waals surface area (Å²) in [6.07, 6.45) is 5.42. The van der Waals surface area contributed by atoms with Crippen molar-refractivity contribution in [3.8, 4) is 5.75 Å². The zero-order valence-electron chi connectivity index (χ0n) is 16.0. The number of phenolic OH excluding ortho intramolecular Hbond substituents is 1. The fourth-order valence-electron chi connectivity index (χ4n) is 3.71. The molecule has 0 bridgehead atoms. The lowest BCUT2D eigenvalue weighted by molar-refractivity contribution is -0.159. The molecule has 9 nitrogen and oxygen atoms in total. The molecule has 1 aliphatic rings. The molecule has 1 atom stereocenters. The van der Waals surface area contributed by atoms with E-state index in [-0.39, 0.29) is 17.5 Å². The van der Waals surface area contributed by atoms with E-state index in [1.807, 2.05) is 30.8 Å². The maximum Gasteiger partial charge on any atom is 0.414 e. The first kappa shape index (κ1) is 20.1. The number of carboxylic acids is 2. The number of Topliss-reactive ketones (excluding diaryl/α,β-unsaturated/α-hetero) is 1. The summed E-state index contributed by atoms with van der Waals surface area (Å²) in [7, 11) is 1.99. The summed E-state index contributed by atoms with van der Waals surface area (Å²) in [6.45, 7) is 2.62. The number of fused-ring (bicyclic) bond motifs is 3. The zero-order valence-corrected chi connectivity index (χ0v) is 16.0. The van der Waals surface area contributed by atoms with Crippen molar-refractivity contribution in [3.63, 3.8) is 0 Å². The number of aromatic hydroxyl groups is 1. The van der Waals surface area contributed by atoms with Gasteiger partial charge in [0, 0.05) is 54.1 Å². The zero-order chi connectivity index (χ0) is 21.3. The number of nitrogens with zero attached hydrogens (tertiary/aromatic N) is 3. The van der Waals surface area contributed by atoms with Crippen molar-refractivity contribution in [1.29, 1.82) is 0 Å². The molecule has 1 aromatic carbocycles. The molecule has 0 aliphatic heterocycles. The predicted molar refractivity (Wildman–Crippen MR) is 103 cm³/mol. The van der Waals surface area contributed by atoms with Crippen molar-refractivity contribution in [2.45, 2.75) is 26.3 Å². The number of imidazole rings is 1. The maximum atomic E-state index is 13.1. The largest absolute Gasteiger partial charge is 0.508 e. The number of rotatable bonds is 2. The molecule has 9 heteroatoms. The number of aromatic nitrogens is 3. The number of carbonyl (C=O) groups excluding carboxylic acids is 1. The monoisotopic (exact) mass is 399 g/mol. The maximum absolute atomic E-state index is 13.1. The second-order valence-corrected chi connectivity index (χ2v) is 6.92. The second kappa shape index (κ2) is 7.78. The number of hydrogen-bond donors (Lipinski definition) is 3. The van der Waals surface area contributed by atoms with Crippen LogP contribution in [0.3, 0.4) is 0 Å². The Labute approximate surface area is 165 Å². The third kappa shape index (κ3) is 3.84. The Morgan fingerprint density at radius 3 is 2.52 bits per heavy atom. The molecule has 0 spiro atoms. The molecule has 0 amide bonds. The normalized spacial score (nSPS) is 15.5. The Morgan fingerprint density at radius 1 is 1.24 bits per heavy atom. The van der Waals surface area contributed by atoms with Gasteiger partial charge < -0.3 is 24.5 Å². The highest BCUT2D eigenvalue weighted by Gasteiger charge is 2.32. The van der Waals surface area contributed by atoms with Crippen LogP contribution in [0.15, 0.2) is 30.6 Å².